The lowest BCUT2D eigenvalue weighted by Crippen LogP contribution is -2.20. The number of anilines is 5. The Hall–Kier alpha value is -5.62. The molecule has 0 radical (unpaired) electrons. The number of hydrogen-bond donors (Lipinski definition) is 3. The van der Waals surface area contributed by atoms with Gasteiger partial charge in [0.15, 0.2) is 5.13 Å². The van der Waals surface area contributed by atoms with Crippen molar-refractivity contribution in [2.75, 3.05) is 33.5 Å². The van der Waals surface area contributed by atoms with E-state index in [-0.39, 0.29) is 45.1 Å². The van der Waals surface area contributed by atoms with Crippen LogP contribution in [-0.2, 0) is 14.8 Å². The van der Waals surface area contributed by atoms with Gasteiger partial charge < -0.3 is 20.3 Å². The summed E-state index contributed by atoms with van der Waals surface area (Å²) in [4.78, 5) is 53.1. The van der Waals surface area contributed by atoms with E-state index in [1.54, 1.807) is 31.2 Å². The maximum Gasteiger partial charge on any atom is 0.350 e. The number of aromatic nitrogens is 1. The number of ether oxygens (including phenoxy) is 1. The molecule has 0 aliphatic carbocycles. The van der Waals surface area contributed by atoms with E-state index >= 15 is 0 Å². The molecule has 3 N–H and O–H groups in total. The van der Waals surface area contributed by atoms with Gasteiger partial charge in [0, 0.05) is 17.8 Å². The van der Waals surface area contributed by atoms with Crippen LogP contribution in [0.3, 0.4) is 0 Å². The van der Waals surface area contributed by atoms with Gasteiger partial charge in [-0.3, -0.25) is 29.7 Å². The average molecular weight is 654 g/mol. The minimum atomic E-state index is -4.14. The number of carbonyl (C=O) groups is 2. The Balaban J connectivity index is 1.37. The standard InChI is InChI=1S/C27H23N7O9S2/c1-3-43-26(36)24-15(2)29-27(44-24)31-45(41,42)18-10-8-17(9-11-18)30-25(35)16-12-21(33(37)38)23(22(13-16)34(39)40)32-14-28-19-6-4-5-7-20(19)32/h4-13,28H,3,14H2,1-2H3,(H,29,31)(H,30,35). The van der Waals surface area contributed by atoms with Crippen molar-refractivity contribution < 1.29 is 32.6 Å². The van der Waals surface area contributed by atoms with E-state index in [2.05, 4.69) is 20.3 Å². The highest BCUT2D eigenvalue weighted by Crippen LogP contribution is 2.46. The lowest BCUT2D eigenvalue weighted by atomic mass is 10.1. The highest BCUT2D eigenvalue weighted by Gasteiger charge is 2.36. The number of nitro benzene ring substituents is 2. The average Bonchev–Trinajstić information content (AvgIpc) is 3.59. The van der Waals surface area contributed by atoms with Gasteiger partial charge in [0.05, 0.1) is 50.6 Å². The van der Waals surface area contributed by atoms with Crippen LogP contribution >= 0.6 is 11.3 Å². The van der Waals surface area contributed by atoms with Crippen molar-refractivity contribution in [1.29, 1.82) is 0 Å². The predicted octanol–water partition coefficient (Wildman–Crippen LogP) is 5.02. The number of benzene rings is 3. The first kappa shape index (κ1) is 30.8. The first-order chi connectivity index (χ1) is 21.4. The van der Waals surface area contributed by atoms with Gasteiger partial charge in [-0.15, -0.1) is 0 Å². The molecule has 16 nitrogen and oxygen atoms in total. The summed E-state index contributed by atoms with van der Waals surface area (Å²) in [6.07, 6.45) is 0. The zero-order chi connectivity index (χ0) is 32.5. The summed E-state index contributed by atoms with van der Waals surface area (Å²) in [7, 11) is -4.14. The van der Waals surface area contributed by atoms with Gasteiger partial charge in [-0.1, -0.05) is 23.5 Å². The predicted molar refractivity (Wildman–Crippen MR) is 165 cm³/mol. The van der Waals surface area contributed by atoms with E-state index in [1.807, 2.05) is 0 Å². The largest absolute Gasteiger partial charge is 0.462 e. The van der Waals surface area contributed by atoms with Crippen LogP contribution in [0.25, 0.3) is 0 Å². The molecule has 4 aromatic rings. The molecule has 45 heavy (non-hydrogen) atoms. The molecule has 3 aromatic carbocycles. The zero-order valence-corrected chi connectivity index (χ0v) is 25.1. The molecule has 1 aliphatic rings. The number of fused-ring (bicyclic) bond motifs is 1. The van der Waals surface area contributed by atoms with E-state index in [9.17, 15) is 38.2 Å². The van der Waals surface area contributed by atoms with Crippen molar-refractivity contribution in [3.05, 3.63) is 97.0 Å². The third-order valence-electron chi connectivity index (χ3n) is 6.52. The van der Waals surface area contributed by atoms with Gasteiger partial charge in [0.25, 0.3) is 15.9 Å². The van der Waals surface area contributed by atoms with Crippen molar-refractivity contribution in [2.45, 2.75) is 18.7 Å². The summed E-state index contributed by atoms with van der Waals surface area (Å²) in [5.74, 6) is -1.52. The number of carbonyl (C=O) groups excluding carboxylic acids is 2. The second-order valence-electron chi connectivity index (χ2n) is 9.40. The summed E-state index contributed by atoms with van der Waals surface area (Å²) < 4.78 is 33.1. The highest BCUT2D eigenvalue weighted by molar-refractivity contribution is 7.93. The first-order valence-corrected chi connectivity index (χ1v) is 15.4. The molecule has 0 spiro atoms. The molecule has 18 heteroatoms. The van der Waals surface area contributed by atoms with Gasteiger partial charge in [0.1, 0.15) is 4.88 Å². The fraction of sp³-hybridized carbons (Fsp3) is 0.148. The molecule has 2 heterocycles. The number of para-hydroxylation sites is 2. The number of nitrogens with zero attached hydrogens (tertiary/aromatic N) is 4. The maximum atomic E-state index is 13.1. The van der Waals surface area contributed by atoms with E-state index in [4.69, 9.17) is 4.74 Å². The second kappa shape index (κ2) is 12.2. The summed E-state index contributed by atoms with van der Waals surface area (Å²) in [5, 5.41) is 29.6. The summed E-state index contributed by atoms with van der Waals surface area (Å²) in [6, 6.07) is 13.6. The molecular formula is C27H23N7O9S2. The van der Waals surface area contributed by atoms with Crippen LogP contribution in [0.2, 0.25) is 0 Å². The Morgan fingerprint density at radius 2 is 1.71 bits per heavy atom. The third-order valence-corrected chi connectivity index (χ3v) is 9.06. The number of esters is 1. The monoisotopic (exact) mass is 653 g/mol. The van der Waals surface area contributed by atoms with Crippen LogP contribution < -0.4 is 20.3 Å². The molecule has 1 aliphatic heterocycles. The molecule has 0 saturated heterocycles. The van der Waals surface area contributed by atoms with E-state index < -0.39 is 43.1 Å². The highest BCUT2D eigenvalue weighted by atomic mass is 32.2. The van der Waals surface area contributed by atoms with E-state index in [0.29, 0.717) is 17.1 Å². The van der Waals surface area contributed by atoms with Crippen molar-refractivity contribution >= 4 is 72.5 Å². The number of aryl methyl sites for hydroxylation is 1. The zero-order valence-electron chi connectivity index (χ0n) is 23.5. The van der Waals surface area contributed by atoms with Crippen LogP contribution in [-0.4, -0.2) is 48.4 Å². The number of thiazole rings is 1. The quantitative estimate of drug-likeness (QED) is 0.117. The number of amides is 1. The molecule has 5 rings (SSSR count). The lowest BCUT2D eigenvalue weighted by Gasteiger charge is -2.18. The number of nitro groups is 2. The molecule has 1 amide bonds. The number of nitrogens with one attached hydrogen (secondary N) is 3. The topological polar surface area (TPSA) is 216 Å². The fourth-order valence-electron chi connectivity index (χ4n) is 4.52. The fourth-order valence-corrected chi connectivity index (χ4v) is 6.61. The maximum absolute atomic E-state index is 13.1. The van der Waals surface area contributed by atoms with Crippen LogP contribution in [0.4, 0.5) is 39.3 Å². The molecule has 0 saturated carbocycles. The Kier molecular flexibility index (Phi) is 8.34. The van der Waals surface area contributed by atoms with Gasteiger partial charge in [0.2, 0.25) is 5.69 Å². The van der Waals surface area contributed by atoms with Crippen molar-refractivity contribution in [2.24, 2.45) is 0 Å². The molecule has 1 aromatic heterocycles. The van der Waals surface area contributed by atoms with Crippen molar-refractivity contribution in [1.82, 2.24) is 4.98 Å². The summed E-state index contributed by atoms with van der Waals surface area (Å²) in [5.41, 5.74) is -0.405. The Labute approximate surface area is 259 Å². The molecule has 0 atom stereocenters. The number of rotatable bonds is 10. The van der Waals surface area contributed by atoms with Crippen LogP contribution in [0.1, 0.15) is 32.6 Å². The van der Waals surface area contributed by atoms with Crippen LogP contribution in [0.15, 0.2) is 65.6 Å². The molecule has 0 fully saturated rings. The van der Waals surface area contributed by atoms with Gasteiger partial charge in [-0.05, 0) is 50.2 Å². The van der Waals surface area contributed by atoms with Gasteiger partial charge >= 0.3 is 17.3 Å². The minimum absolute atomic E-state index is 0.0331. The Morgan fingerprint density at radius 1 is 1.07 bits per heavy atom. The SMILES string of the molecule is CCOC(=O)c1sc(NS(=O)(=O)c2ccc(NC(=O)c3cc([N+](=O)[O-])c(N4CNc5ccccc54)c([N+](=O)[O-])c3)cc2)nc1C. The third kappa shape index (κ3) is 6.22. The molecule has 0 bridgehead atoms. The number of sulfonamides is 1. The first-order valence-electron chi connectivity index (χ1n) is 13.1. The molecule has 0 unspecified atom stereocenters. The summed E-state index contributed by atoms with van der Waals surface area (Å²) in [6.45, 7) is 3.35. The van der Waals surface area contributed by atoms with Crippen molar-refractivity contribution in [3.8, 4) is 0 Å². The van der Waals surface area contributed by atoms with Gasteiger partial charge in [-0.2, -0.15) is 0 Å². The lowest BCUT2D eigenvalue weighted by molar-refractivity contribution is -0.392. The van der Waals surface area contributed by atoms with E-state index in [1.165, 1.54) is 36.1 Å². The normalized spacial score (nSPS) is 12.2. The Bertz CT molecular complexity index is 1930. The molecular weight excluding hydrogens is 630 g/mol. The number of hydrogen-bond acceptors (Lipinski definition) is 13. The molecule has 232 valence electrons. The Morgan fingerprint density at radius 3 is 2.33 bits per heavy atom. The summed E-state index contributed by atoms with van der Waals surface area (Å²) >= 11 is 0.815. The smallest absolute Gasteiger partial charge is 0.350 e. The van der Waals surface area contributed by atoms with Crippen LogP contribution in [0, 0.1) is 27.2 Å². The minimum Gasteiger partial charge on any atom is -0.462 e. The van der Waals surface area contributed by atoms with Crippen LogP contribution in [0.5, 0.6) is 0 Å². The van der Waals surface area contributed by atoms with Gasteiger partial charge in [-0.25, -0.2) is 18.2 Å². The second-order valence-corrected chi connectivity index (χ2v) is 12.1. The van der Waals surface area contributed by atoms with Crippen molar-refractivity contribution in [3.63, 3.8) is 0 Å². The van der Waals surface area contributed by atoms with E-state index in [0.717, 1.165) is 23.5 Å².